The molecule has 3 aromatic rings. The van der Waals surface area contributed by atoms with Crippen LogP contribution in [-0.4, -0.2) is 25.0 Å². The first kappa shape index (κ1) is 17.8. The maximum Gasteiger partial charge on any atom is 0.223 e. The molecule has 4 heteroatoms. The Hall–Kier alpha value is -3.01. The third-order valence-corrected chi connectivity index (χ3v) is 4.31. The lowest BCUT2D eigenvalue weighted by atomic mass is 10.2. The first-order valence-corrected chi connectivity index (χ1v) is 8.67. The monoisotopic (exact) mass is 349 g/mol. The number of furan rings is 1. The van der Waals surface area contributed by atoms with Crippen LogP contribution in [0.3, 0.4) is 0 Å². The molecule has 134 valence electrons. The molecule has 1 aromatic heterocycles. The van der Waals surface area contributed by atoms with E-state index in [-0.39, 0.29) is 5.91 Å². The molecule has 0 fully saturated rings. The Bertz CT molecular complexity index is 837. The van der Waals surface area contributed by atoms with Crippen LogP contribution < -0.4 is 4.74 Å². The zero-order valence-corrected chi connectivity index (χ0v) is 15.1. The van der Waals surface area contributed by atoms with E-state index in [4.69, 9.17) is 9.15 Å². The van der Waals surface area contributed by atoms with Crippen molar-refractivity contribution in [3.05, 3.63) is 78.1 Å². The lowest BCUT2D eigenvalue weighted by molar-refractivity contribution is -0.130. The fourth-order valence-electron chi connectivity index (χ4n) is 2.78. The summed E-state index contributed by atoms with van der Waals surface area (Å²) in [6, 6.07) is 21.6. The van der Waals surface area contributed by atoms with E-state index in [0.29, 0.717) is 19.4 Å². The molecule has 0 N–H and O–H groups in total. The van der Waals surface area contributed by atoms with Gasteiger partial charge >= 0.3 is 0 Å². The average molecular weight is 349 g/mol. The van der Waals surface area contributed by atoms with Crippen LogP contribution in [0.25, 0.3) is 11.3 Å². The van der Waals surface area contributed by atoms with E-state index in [2.05, 4.69) is 0 Å². The summed E-state index contributed by atoms with van der Waals surface area (Å²) >= 11 is 0. The number of ether oxygens (including phenoxy) is 1. The minimum atomic E-state index is 0.0958. The fourth-order valence-corrected chi connectivity index (χ4v) is 2.78. The van der Waals surface area contributed by atoms with E-state index in [1.54, 1.807) is 12.0 Å². The van der Waals surface area contributed by atoms with Crippen molar-refractivity contribution in [2.75, 3.05) is 14.2 Å². The number of hydrogen-bond donors (Lipinski definition) is 0. The molecule has 0 atom stereocenters. The summed E-state index contributed by atoms with van der Waals surface area (Å²) in [5.74, 6) is 2.57. The van der Waals surface area contributed by atoms with Crippen molar-refractivity contribution in [2.24, 2.45) is 0 Å². The molecular weight excluding hydrogens is 326 g/mol. The van der Waals surface area contributed by atoms with Gasteiger partial charge in [0.1, 0.15) is 17.3 Å². The molecular formula is C22H23NO3. The van der Waals surface area contributed by atoms with Crippen LogP contribution in [0.1, 0.15) is 17.7 Å². The summed E-state index contributed by atoms with van der Waals surface area (Å²) in [6.07, 6.45) is 1.02. The first-order valence-electron chi connectivity index (χ1n) is 8.67. The molecule has 0 bridgehead atoms. The van der Waals surface area contributed by atoms with Crippen molar-refractivity contribution < 1.29 is 13.9 Å². The lowest BCUT2D eigenvalue weighted by Crippen LogP contribution is -2.26. The molecule has 4 nitrogen and oxygen atoms in total. The number of aryl methyl sites for hydroxylation is 1. The van der Waals surface area contributed by atoms with Crippen LogP contribution >= 0.6 is 0 Å². The number of methoxy groups -OCH3 is 1. The normalized spacial score (nSPS) is 10.5. The number of amides is 1. The standard InChI is InChI=1S/C22H23NO3/c1-23(16-17-8-10-19(25-2)11-9-17)22(24)15-13-20-12-14-21(26-20)18-6-4-3-5-7-18/h3-12,14H,13,15-16H2,1-2H3. The Kier molecular flexibility index (Phi) is 5.74. The van der Waals surface area contributed by atoms with Crippen LogP contribution in [0.2, 0.25) is 0 Å². The maximum absolute atomic E-state index is 12.4. The van der Waals surface area contributed by atoms with Gasteiger partial charge in [0, 0.05) is 32.0 Å². The summed E-state index contributed by atoms with van der Waals surface area (Å²) in [4.78, 5) is 14.1. The zero-order chi connectivity index (χ0) is 18.4. The van der Waals surface area contributed by atoms with Gasteiger partial charge in [-0.25, -0.2) is 0 Å². The highest BCUT2D eigenvalue weighted by Crippen LogP contribution is 2.22. The molecule has 0 aliphatic heterocycles. The second-order valence-corrected chi connectivity index (χ2v) is 6.23. The van der Waals surface area contributed by atoms with Gasteiger partial charge in [0.2, 0.25) is 5.91 Å². The number of carbonyl (C=O) groups is 1. The van der Waals surface area contributed by atoms with Crippen molar-refractivity contribution in [3.8, 4) is 17.1 Å². The van der Waals surface area contributed by atoms with Gasteiger partial charge in [0.25, 0.3) is 0 Å². The van der Waals surface area contributed by atoms with Crippen molar-refractivity contribution in [3.63, 3.8) is 0 Å². The summed E-state index contributed by atoms with van der Waals surface area (Å²) in [5.41, 5.74) is 2.12. The minimum absolute atomic E-state index is 0.0958. The zero-order valence-electron chi connectivity index (χ0n) is 15.1. The number of rotatable bonds is 7. The maximum atomic E-state index is 12.4. The van der Waals surface area contributed by atoms with Gasteiger partial charge in [-0.1, -0.05) is 42.5 Å². The van der Waals surface area contributed by atoms with Crippen molar-refractivity contribution in [2.45, 2.75) is 19.4 Å². The summed E-state index contributed by atoms with van der Waals surface area (Å²) < 4.78 is 11.0. The largest absolute Gasteiger partial charge is 0.497 e. The van der Waals surface area contributed by atoms with E-state index in [1.807, 2.05) is 73.8 Å². The van der Waals surface area contributed by atoms with Gasteiger partial charge in [0.05, 0.1) is 7.11 Å². The number of benzene rings is 2. The molecule has 3 rings (SSSR count). The van der Waals surface area contributed by atoms with E-state index >= 15 is 0 Å². The second-order valence-electron chi connectivity index (χ2n) is 6.23. The van der Waals surface area contributed by atoms with Gasteiger partial charge in [-0.15, -0.1) is 0 Å². The Balaban J connectivity index is 1.52. The highest BCUT2D eigenvalue weighted by Gasteiger charge is 2.12. The smallest absolute Gasteiger partial charge is 0.223 e. The molecule has 0 aliphatic carbocycles. The average Bonchev–Trinajstić information content (AvgIpc) is 3.16. The van der Waals surface area contributed by atoms with Gasteiger partial charge < -0.3 is 14.1 Å². The van der Waals surface area contributed by atoms with Crippen molar-refractivity contribution in [1.82, 2.24) is 4.90 Å². The molecule has 1 amide bonds. The molecule has 0 saturated heterocycles. The Morgan fingerprint density at radius 2 is 1.73 bits per heavy atom. The number of nitrogens with zero attached hydrogens (tertiary/aromatic N) is 1. The number of carbonyl (C=O) groups excluding carboxylic acids is 1. The molecule has 2 aromatic carbocycles. The van der Waals surface area contributed by atoms with Gasteiger partial charge in [-0.3, -0.25) is 4.79 Å². The lowest BCUT2D eigenvalue weighted by Gasteiger charge is -2.17. The highest BCUT2D eigenvalue weighted by molar-refractivity contribution is 5.76. The summed E-state index contributed by atoms with van der Waals surface area (Å²) in [6.45, 7) is 0.580. The fraction of sp³-hybridized carbons (Fsp3) is 0.227. The topological polar surface area (TPSA) is 42.7 Å². The second kappa shape index (κ2) is 8.39. The van der Waals surface area contributed by atoms with Gasteiger partial charge in [-0.05, 0) is 29.8 Å². The van der Waals surface area contributed by atoms with Crippen molar-refractivity contribution >= 4 is 5.91 Å². The molecule has 0 spiro atoms. The van der Waals surface area contributed by atoms with Crippen LogP contribution in [0.5, 0.6) is 5.75 Å². The Morgan fingerprint density at radius 3 is 2.42 bits per heavy atom. The van der Waals surface area contributed by atoms with E-state index in [1.165, 1.54) is 0 Å². The van der Waals surface area contributed by atoms with Gasteiger partial charge in [0.15, 0.2) is 0 Å². The Morgan fingerprint density at radius 1 is 1.00 bits per heavy atom. The van der Waals surface area contributed by atoms with E-state index < -0.39 is 0 Å². The SMILES string of the molecule is COc1ccc(CN(C)C(=O)CCc2ccc(-c3ccccc3)o2)cc1. The van der Waals surface area contributed by atoms with E-state index in [9.17, 15) is 4.79 Å². The minimum Gasteiger partial charge on any atom is -0.497 e. The molecule has 0 aliphatic rings. The van der Waals surface area contributed by atoms with Crippen LogP contribution in [0, 0.1) is 0 Å². The summed E-state index contributed by atoms with van der Waals surface area (Å²) in [5, 5.41) is 0. The summed E-state index contributed by atoms with van der Waals surface area (Å²) in [7, 11) is 3.46. The highest BCUT2D eigenvalue weighted by atomic mass is 16.5. The third-order valence-electron chi connectivity index (χ3n) is 4.31. The van der Waals surface area contributed by atoms with Crippen LogP contribution in [0.15, 0.2) is 71.1 Å². The predicted molar refractivity (Wildman–Crippen MR) is 102 cm³/mol. The first-order chi connectivity index (χ1) is 12.7. The van der Waals surface area contributed by atoms with Crippen LogP contribution in [0.4, 0.5) is 0 Å². The van der Waals surface area contributed by atoms with Crippen molar-refractivity contribution in [1.29, 1.82) is 0 Å². The molecule has 1 heterocycles. The molecule has 0 saturated carbocycles. The Labute approximate surface area is 154 Å². The quantitative estimate of drug-likeness (QED) is 0.629. The predicted octanol–water partition coefficient (Wildman–Crippen LogP) is 4.55. The third kappa shape index (κ3) is 4.54. The molecule has 26 heavy (non-hydrogen) atoms. The van der Waals surface area contributed by atoms with Gasteiger partial charge in [-0.2, -0.15) is 0 Å². The van der Waals surface area contributed by atoms with Crippen LogP contribution in [-0.2, 0) is 17.8 Å². The number of hydrogen-bond acceptors (Lipinski definition) is 3. The molecule has 0 unspecified atom stereocenters. The van der Waals surface area contributed by atoms with E-state index in [0.717, 1.165) is 28.4 Å². The molecule has 0 radical (unpaired) electrons.